The van der Waals surface area contributed by atoms with Crippen LogP contribution in [0.1, 0.15) is 15.9 Å². The Labute approximate surface area is 241 Å². The minimum atomic E-state index is -0.589. The summed E-state index contributed by atoms with van der Waals surface area (Å²) < 4.78 is 7.30. The molecular formula is C25H22Cl2N6O4S2. The van der Waals surface area contributed by atoms with Gasteiger partial charge in [0.05, 0.1) is 18.9 Å². The second kappa shape index (κ2) is 12.6. The SMILES string of the molecule is COc1cnc(Cl)cc1-c1cn(CC(=O)N(C)C)c(=O)cc1C(=O)Nc1nnc(SCc2ccc(Cl)cc2)s1. The highest BCUT2D eigenvalue weighted by molar-refractivity contribution is 8.00. The van der Waals surface area contributed by atoms with Gasteiger partial charge >= 0.3 is 0 Å². The van der Waals surface area contributed by atoms with E-state index in [9.17, 15) is 14.4 Å². The first-order valence-corrected chi connectivity index (χ1v) is 13.9. The average molecular weight is 606 g/mol. The molecule has 0 aliphatic carbocycles. The number of amides is 2. The zero-order valence-corrected chi connectivity index (χ0v) is 24.1. The molecule has 202 valence electrons. The number of methoxy groups -OCH3 is 1. The normalized spacial score (nSPS) is 10.8. The second-order valence-electron chi connectivity index (χ2n) is 8.30. The van der Waals surface area contributed by atoms with Gasteiger partial charge in [0.1, 0.15) is 17.4 Å². The molecule has 1 aromatic carbocycles. The molecule has 0 aliphatic heterocycles. The number of thioether (sulfide) groups is 1. The van der Waals surface area contributed by atoms with E-state index in [4.69, 9.17) is 27.9 Å². The summed E-state index contributed by atoms with van der Waals surface area (Å²) >= 11 is 14.7. The Morgan fingerprint density at radius 1 is 1.13 bits per heavy atom. The highest BCUT2D eigenvalue weighted by Crippen LogP contribution is 2.34. The minimum Gasteiger partial charge on any atom is -0.494 e. The number of benzene rings is 1. The van der Waals surface area contributed by atoms with Gasteiger partial charge in [-0.15, -0.1) is 10.2 Å². The van der Waals surface area contributed by atoms with Crippen LogP contribution in [0.2, 0.25) is 10.2 Å². The molecule has 3 heterocycles. The highest BCUT2D eigenvalue weighted by atomic mass is 35.5. The Morgan fingerprint density at radius 2 is 1.87 bits per heavy atom. The van der Waals surface area contributed by atoms with Crippen molar-refractivity contribution in [3.63, 3.8) is 0 Å². The Bertz CT molecular complexity index is 1570. The Hall–Kier alpha value is -3.45. The van der Waals surface area contributed by atoms with Crippen LogP contribution in [0, 0.1) is 0 Å². The molecule has 4 aromatic rings. The van der Waals surface area contributed by atoms with Crippen molar-refractivity contribution in [3.05, 3.63) is 80.4 Å². The van der Waals surface area contributed by atoms with E-state index < -0.39 is 11.5 Å². The number of aromatic nitrogens is 4. The molecule has 0 radical (unpaired) electrons. The van der Waals surface area contributed by atoms with Crippen molar-refractivity contribution in [2.24, 2.45) is 0 Å². The van der Waals surface area contributed by atoms with Gasteiger partial charge in [-0.05, 0) is 23.8 Å². The van der Waals surface area contributed by atoms with E-state index in [1.54, 1.807) is 14.1 Å². The molecule has 0 fully saturated rings. The number of nitrogens with zero attached hydrogens (tertiary/aromatic N) is 5. The van der Waals surface area contributed by atoms with Gasteiger partial charge in [-0.25, -0.2) is 4.98 Å². The Kier molecular flexibility index (Phi) is 9.23. The number of hydrogen-bond acceptors (Lipinski definition) is 9. The van der Waals surface area contributed by atoms with Gasteiger partial charge < -0.3 is 14.2 Å². The van der Waals surface area contributed by atoms with Crippen LogP contribution in [-0.2, 0) is 17.1 Å². The summed E-state index contributed by atoms with van der Waals surface area (Å²) in [6.45, 7) is -0.216. The lowest BCUT2D eigenvalue weighted by Gasteiger charge is -2.16. The molecule has 0 saturated heterocycles. The fourth-order valence-electron chi connectivity index (χ4n) is 3.39. The zero-order valence-electron chi connectivity index (χ0n) is 21.0. The molecule has 0 spiro atoms. The molecular weight excluding hydrogens is 583 g/mol. The second-order valence-corrected chi connectivity index (χ2v) is 11.3. The molecule has 10 nitrogen and oxygen atoms in total. The van der Waals surface area contributed by atoms with Crippen molar-refractivity contribution in [3.8, 4) is 16.9 Å². The summed E-state index contributed by atoms with van der Waals surface area (Å²) in [5.74, 6) is 0.0940. The maximum absolute atomic E-state index is 13.4. The predicted octanol–water partition coefficient (Wildman–Crippen LogP) is 4.71. The lowest BCUT2D eigenvalue weighted by molar-refractivity contribution is -0.129. The van der Waals surface area contributed by atoms with Crippen molar-refractivity contribution >= 4 is 63.2 Å². The summed E-state index contributed by atoms with van der Waals surface area (Å²) in [5, 5.41) is 12.0. The number of carbonyl (C=O) groups excluding carboxylic acids is 2. The van der Waals surface area contributed by atoms with Crippen LogP contribution < -0.4 is 15.6 Å². The van der Waals surface area contributed by atoms with Gasteiger partial charge in [0.2, 0.25) is 11.0 Å². The first kappa shape index (κ1) is 28.6. The minimum absolute atomic E-state index is 0.0414. The van der Waals surface area contributed by atoms with Gasteiger partial charge in [-0.3, -0.25) is 19.7 Å². The number of likely N-dealkylation sites (N-methyl/N-ethyl adjacent to an activating group) is 1. The van der Waals surface area contributed by atoms with Crippen LogP contribution in [0.3, 0.4) is 0 Å². The van der Waals surface area contributed by atoms with E-state index in [-0.39, 0.29) is 28.3 Å². The van der Waals surface area contributed by atoms with Crippen molar-refractivity contribution < 1.29 is 14.3 Å². The lowest BCUT2D eigenvalue weighted by atomic mass is 10.0. The molecule has 1 N–H and O–H groups in total. The standard InChI is InChI=1S/C25H22Cl2N6O4S2/c1-32(2)22(35)12-33-11-18(16-8-20(27)28-10-19(16)37-3)17(9-21(33)34)23(36)29-24-30-31-25(39-24)38-13-14-4-6-15(26)7-5-14/h4-11H,12-13H2,1-3H3,(H,29,30,36). The number of halogens is 2. The Morgan fingerprint density at radius 3 is 2.56 bits per heavy atom. The number of nitrogens with one attached hydrogen (secondary N) is 1. The quantitative estimate of drug-likeness (QED) is 0.166. The molecule has 14 heteroatoms. The molecule has 39 heavy (non-hydrogen) atoms. The topological polar surface area (TPSA) is 119 Å². The average Bonchev–Trinajstić information content (AvgIpc) is 3.36. The van der Waals surface area contributed by atoms with Crippen molar-refractivity contribution in [1.82, 2.24) is 24.6 Å². The molecule has 0 aliphatic rings. The molecule has 3 aromatic heterocycles. The number of pyridine rings is 2. The van der Waals surface area contributed by atoms with Crippen molar-refractivity contribution in [2.75, 3.05) is 26.5 Å². The number of carbonyl (C=O) groups is 2. The first-order chi connectivity index (χ1) is 18.6. The van der Waals surface area contributed by atoms with Gasteiger partial charge in [0.25, 0.3) is 11.5 Å². The highest BCUT2D eigenvalue weighted by Gasteiger charge is 2.21. The van der Waals surface area contributed by atoms with Crippen LogP contribution in [0.4, 0.5) is 5.13 Å². The van der Waals surface area contributed by atoms with Crippen LogP contribution in [0.25, 0.3) is 11.1 Å². The van der Waals surface area contributed by atoms with Crippen molar-refractivity contribution in [2.45, 2.75) is 16.6 Å². The number of anilines is 1. The van der Waals surface area contributed by atoms with Crippen molar-refractivity contribution in [1.29, 1.82) is 0 Å². The fraction of sp³-hybridized carbons (Fsp3) is 0.200. The summed E-state index contributed by atoms with van der Waals surface area (Å²) in [4.78, 5) is 44.0. The van der Waals surface area contributed by atoms with Gasteiger partial charge in [-0.2, -0.15) is 0 Å². The lowest BCUT2D eigenvalue weighted by Crippen LogP contribution is -2.32. The maximum atomic E-state index is 13.4. The third-order valence-corrected chi connectivity index (χ3v) is 7.92. The van der Waals surface area contributed by atoms with E-state index in [1.807, 2.05) is 24.3 Å². The predicted molar refractivity (Wildman–Crippen MR) is 153 cm³/mol. The first-order valence-electron chi connectivity index (χ1n) is 11.3. The summed E-state index contributed by atoms with van der Waals surface area (Å²) in [6, 6.07) is 10.2. The largest absolute Gasteiger partial charge is 0.494 e. The van der Waals surface area contributed by atoms with E-state index in [2.05, 4.69) is 20.5 Å². The molecule has 0 unspecified atom stereocenters. The summed E-state index contributed by atoms with van der Waals surface area (Å²) in [6.07, 6.45) is 2.84. The van der Waals surface area contributed by atoms with Crippen LogP contribution >= 0.6 is 46.3 Å². The molecule has 4 rings (SSSR count). The van der Waals surface area contributed by atoms with Crippen LogP contribution in [0.5, 0.6) is 5.75 Å². The zero-order chi connectivity index (χ0) is 28.1. The van der Waals surface area contributed by atoms with E-state index in [0.29, 0.717) is 32.0 Å². The van der Waals surface area contributed by atoms with E-state index in [0.717, 1.165) is 5.56 Å². The molecule has 0 saturated carbocycles. The Balaban J connectivity index is 1.63. The van der Waals surface area contributed by atoms with Gasteiger partial charge in [-0.1, -0.05) is 58.4 Å². The van der Waals surface area contributed by atoms with Gasteiger partial charge in [0, 0.05) is 48.3 Å². The van der Waals surface area contributed by atoms with Crippen LogP contribution in [-0.4, -0.2) is 57.7 Å². The summed E-state index contributed by atoms with van der Waals surface area (Å²) in [7, 11) is 4.63. The maximum Gasteiger partial charge on any atom is 0.258 e. The smallest absolute Gasteiger partial charge is 0.258 e. The molecule has 0 bridgehead atoms. The third kappa shape index (κ3) is 7.15. The number of ether oxygens (including phenoxy) is 1. The number of hydrogen-bond donors (Lipinski definition) is 1. The third-order valence-electron chi connectivity index (χ3n) is 5.42. The summed E-state index contributed by atoms with van der Waals surface area (Å²) in [5.41, 5.74) is 1.31. The monoisotopic (exact) mass is 604 g/mol. The fourth-order valence-corrected chi connectivity index (χ4v) is 5.37. The molecule has 0 atom stereocenters. The number of rotatable bonds is 9. The molecule has 2 amide bonds. The van der Waals surface area contributed by atoms with Crippen LogP contribution in [0.15, 0.2) is 57.9 Å². The van der Waals surface area contributed by atoms with E-state index in [1.165, 1.54) is 64.2 Å². The van der Waals surface area contributed by atoms with E-state index >= 15 is 0 Å². The van der Waals surface area contributed by atoms with Gasteiger partial charge in [0.15, 0.2) is 4.34 Å².